The molecule has 0 radical (unpaired) electrons. The van der Waals surface area contributed by atoms with Gasteiger partial charge in [0.15, 0.2) is 0 Å². The van der Waals surface area contributed by atoms with Gasteiger partial charge in [0.1, 0.15) is 6.29 Å². The Bertz CT molecular complexity index is 648. The molecule has 0 N–H and O–H groups in total. The van der Waals surface area contributed by atoms with Crippen LogP contribution in [0, 0.1) is 0 Å². The van der Waals surface area contributed by atoms with E-state index in [0.29, 0.717) is 17.4 Å². The molecule has 0 amide bonds. The summed E-state index contributed by atoms with van der Waals surface area (Å²) in [6, 6.07) is 7.77. The number of halogens is 3. The Labute approximate surface area is 113 Å². The maximum absolute atomic E-state index is 12.5. The van der Waals surface area contributed by atoms with E-state index in [2.05, 4.69) is 4.98 Å². The number of benzene rings is 1. The molecule has 2 nitrogen and oxygen atoms in total. The van der Waals surface area contributed by atoms with Gasteiger partial charge in [0, 0.05) is 18.0 Å². The summed E-state index contributed by atoms with van der Waals surface area (Å²) in [5.74, 6) is 0. The van der Waals surface area contributed by atoms with Crippen molar-refractivity contribution in [2.75, 3.05) is 0 Å². The van der Waals surface area contributed by atoms with Crippen molar-refractivity contribution in [2.24, 2.45) is 0 Å². The minimum absolute atomic E-state index is 0.344. The van der Waals surface area contributed by atoms with Crippen molar-refractivity contribution < 1.29 is 18.0 Å². The first kappa shape index (κ1) is 14.0. The molecule has 0 aliphatic rings. The summed E-state index contributed by atoms with van der Waals surface area (Å²) < 4.78 is 37.6. The molecule has 0 spiro atoms. The van der Waals surface area contributed by atoms with E-state index in [0.717, 1.165) is 17.8 Å². The minimum Gasteiger partial charge on any atom is -0.298 e. The van der Waals surface area contributed by atoms with Crippen LogP contribution in [0.25, 0.3) is 12.2 Å². The molecule has 102 valence electrons. The van der Waals surface area contributed by atoms with Crippen LogP contribution < -0.4 is 0 Å². The molecular weight excluding hydrogens is 267 g/mol. The van der Waals surface area contributed by atoms with Gasteiger partial charge in [-0.2, -0.15) is 13.2 Å². The van der Waals surface area contributed by atoms with Gasteiger partial charge in [-0.1, -0.05) is 30.4 Å². The molecule has 0 fully saturated rings. The molecule has 20 heavy (non-hydrogen) atoms. The van der Waals surface area contributed by atoms with Gasteiger partial charge in [-0.25, -0.2) is 0 Å². The zero-order chi connectivity index (χ0) is 14.6. The summed E-state index contributed by atoms with van der Waals surface area (Å²) in [6.07, 6.45) is 1.58. The Balaban J connectivity index is 2.25. The summed E-state index contributed by atoms with van der Waals surface area (Å²) in [5.41, 5.74) is 0.791. The minimum atomic E-state index is -4.41. The van der Waals surface area contributed by atoms with Crippen molar-refractivity contribution in [3.05, 3.63) is 65.0 Å². The highest BCUT2D eigenvalue weighted by molar-refractivity contribution is 5.78. The Hall–Kier alpha value is -2.43. The van der Waals surface area contributed by atoms with E-state index in [4.69, 9.17) is 0 Å². The Morgan fingerprint density at radius 3 is 2.35 bits per heavy atom. The molecule has 1 heterocycles. The first-order chi connectivity index (χ1) is 9.49. The second-order valence-corrected chi connectivity index (χ2v) is 4.13. The predicted octanol–water partition coefficient (Wildman–Crippen LogP) is 4.08. The van der Waals surface area contributed by atoms with Gasteiger partial charge in [-0.05, 0) is 23.3 Å². The molecule has 5 heteroatoms. The van der Waals surface area contributed by atoms with Crippen LogP contribution in [0.4, 0.5) is 13.2 Å². The number of carbonyl (C=O) groups excluding carboxylic acids is 1. The molecule has 0 saturated carbocycles. The van der Waals surface area contributed by atoms with Gasteiger partial charge in [0.05, 0.1) is 5.56 Å². The Morgan fingerprint density at radius 2 is 1.65 bits per heavy atom. The smallest absolute Gasteiger partial charge is 0.298 e. The molecule has 1 aromatic carbocycles. The molecular formula is C15H10F3NO. The van der Waals surface area contributed by atoms with Crippen molar-refractivity contribution in [1.82, 2.24) is 4.98 Å². The zero-order valence-electron chi connectivity index (χ0n) is 10.3. The summed E-state index contributed by atoms with van der Waals surface area (Å²) in [5, 5.41) is 0. The van der Waals surface area contributed by atoms with Gasteiger partial charge in [-0.15, -0.1) is 0 Å². The number of alkyl halides is 3. The van der Waals surface area contributed by atoms with E-state index in [9.17, 15) is 18.0 Å². The zero-order valence-corrected chi connectivity index (χ0v) is 10.3. The number of carbonyl (C=O) groups is 1. The fourth-order valence-corrected chi connectivity index (χ4v) is 1.63. The lowest BCUT2D eigenvalue weighted by Crippen LogP contribution is -2.05. The van der Waals surface area contributed by atoms with Gasteiger partial charge in [0.2, 0.25) is 0 Å². The predicted molar refractivity (Wildman–Crippen MR) is 70.0 cm³/mol. The Kier molecular flexibility index (Phi) is 3.98. The van der Waals surface area contributed by atoms with Crippen molar-refractivity contribution in [2.45, 2.75) is 6.18 Å². The highest BCUT2D eigenvalue weighted by Gasteiger charge is 2.30. The van der Waals surface area contributed by atoms with Crippen molar-refractivity contribution in [3.8, 4) is 0 Å². The molecule has 0 saturated heterocycles. The lowest BCUT2D eigenvalue weighted by atomic mass is 10.1. The summed E-state index contributed by atoms with van der Waals surface area (Å²) in [7, 11) is 0. The van der Waals surface area contributed by atoms with Crippen LogP contribution in [0.5, 0.6) is 0 Å². The third-order valence-electron chi connectivity index (χ3n) is 2.60. The SMILES string of the molecule is O=Cc1cccc(C=Cc2cncc(C(F)(F)F)c2)c1. The first-order valence-corrected chi connectivity index (χ1v) is 5.74. The average molecular weight is 277 g/mol. The van der Waals surface area contributed by atoms with Gasteiger partial charge in [-0.3, -0.25) is 9.78 Å². The fraction of sp³-hybridized carbons (Fsp3) is 0.0667. The monoisotopic (exact) mass is 277 g/mol. The topological polar surface area (TPSA) is 30.0 Å². The maximum Gasteiger partial charge on any atom is 0.417 e. The molecule has 1 aromatic heterocycles. The van der Waals surface area contributed by atoms with Gasteiger partial charge >= 0.3 is 6.18 Å². The molecule has 0 aliphatic heterocycles. The largest absolute Gasteiger partial charge is 0.417 e. The number of hydrogen-bond donors (Lipinski definition) is 0. The van der Waals surface area contributed by atoms with Crippen LogP contribution in [0.2, 0.25) is 0 Å². The summed E-state index contributed by atoms with van der Waals surface area (Å²) >= 11 is 0. The van der Waals surface area contributed by atoms with Crippen LogP contribution in [-0.4, -0.2) is 11.3 Å². The standard InChI is InChI=1S/C15H10F3NO/c16-15(17,18)14-7-12(8-19-9-14)5-4-11-2-1-3-13(6-11)10-20/h1-10H. The molecule has 2 rings (SSSR count). The quantitative estimate of drug-likeness (QED) is 0.791. The van der Waals surface area contributed by atoms with Crippen LogP contribution >= 0.6 is 0 Å². The number of nitrogens with zero attached hydrogens (tertiary/aromatic N) is 1. The van der Waals surface area contributed by atoms with Crippen molar-refractivity contribution in [1.29, 1.82) is 0 Å². The third-order valence-corrected chi connectivity index (χ3v) is 2.60. The molecule has 0 aliphatic carbocycles. The van der Waals surface area contributed by atoms with E-state index < -0.39 is 11.7 Å². The maximum atomic E-state index is 12.5. The number of hydrogen-bond acceptors (Lipinski definition) is 2. The first-order valence-electron chi connectivity index (χ1n) is 5.74. The van der Waals surface area contributed by atoms with E-state index in [-0.39, 0.29) is 0 Å². The fourth-order valence-electron chi connectivity index (χ4n) is 1.63. The van der Waals surface area contributed by atoms with E-state index in [1.165, 1.54) is 12.3 Å². The molecule has 0 unspecified atom stereocenters. The second kappa shape index (κ2) is 5.69. The Morgan fingerprint density at radius 1 is 0.950 bits per heavy atom. The summed E-state index contributed by atoms with van der Waals surface area (Å²) in [4.78, 5) is 14.2. The van der Waals surface area contributed by atoms with Gasteiger partial charge in [0.25, 0.3) is 0 Å². The third kappa shape index (κ3) is 3.54. The molecule has 0 bridgehead atoms. The summed E-state index contributed by atoms with van der Waals surface area (Å²) in [6.45, 7) is 0. The van der Waals surface area contributed by atoms with Gasteiger partial charge < -0.3 is 0 Å². The van der Waals surface area contributed by atoms with E-state index >= 15 is 0 Å². The van der Waals surface area contributed by atoms with E-state index in [1.807, 2.05) is 0 Å². The number of aldehydes is 1. The number of rotatable bonds is 3. The number of pyridine rings is 1. The van der Waals surface area contributed by atoms with Crippen LogP contribution in [-0.2, 0) is 6.18 Å². The lowest BCUT2D eigenvalue weighted by molar-refractivity contribution is -0.137. The highest BCUT2D eigenvalue weighted by atomic mass is 19.4. The van der Waals surface area contributed by atoms with Crippen LogP contribution in [0.15, 0.2) is 42.7 Å². The number of aromatic nitrogens is 1. The van der Waals surface area contributed by atoms with E-state index in [1.54, 1.807) is 30.3 Å². The molecule has 2 aromatic rings. The van der Waals surface area contributed by atoms with Crippen molar-refractivity contribution >= 4 is 18.4 Å². The average Bonchev–Trinajstić information content (AvgIpc) is 2.45. The normalized spacial score (nSPS) is 11.8. The lowest BCUT2D eigenvalue weighted by Gasteiger charge is -2.05. The van der Waals surface area contributed by atoms with Crippen LogP contribution in [0.3, 0.4) is 0 Å². The molecule has 0 atom stereocenters. The van der Waals surface area contributed by atoms with Crippen molar-refractivity contribution in [3.63, 3.8) is 0 Å². The highest BCUT2D eigenvalue weighted by Crippen LogP contribution is 2.29. The second-order valence-electron chi connectivity index (χ2n) is 4.13. The van der Waals surface area contributed by atoms with Crippen LogP contribution in [0.1, 0.15) is 27.0 Å².